The monoisotopic (exact) mass is 280 g/mol. The van der Waals surface area contributed by atoms with Crippen LogP contribution in [0.3, 0.4) is 0 Å². The maximum Gasteiger partial charge on any atom is 0.0265 e. The van der Waals surface area contributed by atoms with E-state index in [1.807, 2.05) is 0 Å². The van der Waals surface area contributed by atoms with Crippen molar-refractivity contribution in [3.05, 3.63) is 71.8 Å². The lowest BCUT2D eigenvalue weighted by Crippen LogP contribution is -2.55. The molecular formula is C19H24N2. The van der Waals surface area contributed by atoms with Gasteiger partial charge in [-0.3, -0.25) is 4.90 Å². The first kappa shape index (κ1) is 14.3. The largest absolute Gasteiger partial charge is 0.311 e. The zero-order valence-electron chi connectivity index (χ0n) is 12.7. The Hall–Kier alpha value is -1.64. The molecule has 1 N–H and O–H groups in total. The van der Waals surface area contributed by atoms with Crippen molar-refractivity contribution in [1.82, 2.24) is 10.2 Å². The zero-order valence-corrected chi connectivity index (χ0v) is 12.7. The summed E-state index contributed by atoms with van der Waals surface area (Å²) in [4.78, 5) is 2.63. The van der Waals surface area contributed by atoms with Gasteiger partial charge in [0.05, 0.1) is 0 Å². The van der Waals surface area contributed by atoms with Gasteiger partial charge in [0.1, 0.15) is 0 Å². The van der Waals surface area contributed by atoms with Gasteiger partial charge in [0.15, 0.2) is 0 Å². The molecule has 2 aromatic rings. The number of nitrogens with one attached hydrogen (secondary N) is 1. The van der Waals surface area contributed by atoms with Crippen LogP contribution in [0.5, 0.6) is 0 Å². The van der Waals surface area contributed by atoms with Crippen molar-refractivity contribution in [2.24, 2.45) is 0 Å². The van der Waals surface area contributed by atoms with Crippen LogP contribution in [-0.4, -0.2) is 30.1 Å². The Morgan fingerprint density at radius 3 is 2.24 bits per heavy atom. The standard InChI is InChI=1S/C19H24N2/c1-16-14-21(15-18-10-6-3-7-11-18)19(13-20-16)12-17-8-4-2-5-9-17/h2-11,16,19-20H,12-15H2,1H3/t16-,19-/m1/s1. The maximum absolute atomic E-state index is 3.63. The Morgan fingerprint density at radius 2 is 1.57 bits per heavy atom. The molecule has 2 aromatic carbocycles. The van der Waals surface area contributed by atoms with Crippen LogP contribution in [0.4, 0.5) is 0 Å². The first-order chi connectivity index (χ1) is 10.3. The third-order valence-electron chi connectivity index (χ3n) is 4.27. The molecule has 2 nitrogen and oxygen atoms in total. The predicted molar refractivity (Wildman–Crippen MR) is 88.3 cm³/mol. The smallest absolute Gasteiger partial charge is 0.0265 e. The van der Waals surface area contributed by atoms with Crippen molar-refractivity contribution in [3.63, 3.8) is 0 Å². The molecule has 21 heavy (non-hydrogen) atoms. The first-order valence-corrected chi connectivity index (χ1v) is 7.86. The van der Waals surface area contributed by atoms with E-state index in [-0.39, 0.29) is 0 Å². The van der Waals surface area contributed by atoms with Gasteiger partial charge in [-0.05, 0) is 24.5 Å². The van der Waals surface area contributed by atoms with Gasteiger partial charge in [-0.25, -0.2) is 0 Å². The van der Waals surface area contributed by atoms with E-state index in [1.165, 1.54) is 11.1 Å². The van der Waals surface area contributed by atoms with Crippen molar-refractivity contribution < 1.29 is 0 Å². The number of benzene rings is 2. The molecule has 0 radical (unpaired) electrons. The van der Waals surface area contributed by atoms with Crippen molar-refractivity contribution >= 4 is 0 Å². The average molecular weight is 280 g/mol. The first-order valence-electron chi connectivity index (χ1n) is 7.86. The van der Waals surface area contributed by atoms with Gasteiger partial charge in [0.25, 0.3) is 0 Å². The van der Waals surface area contributed by atoms with Crippen LogP contribution >= 0.6 is 0 Å². The summed E-state index contributed by atoms with van der Waals surface area (Å²) in [7, 11) is 0. The number of hydrogen-bond donors (Lipinski definition) is 1. The Kier molecular flexibility index (Phi) is 4.69. The quantitative estimate of drug-likeness (QED) is 0.926. The molecule has 1 saturated heterocycles. The third kappa shape index (κ3) is 3.93. The van der Waals surface area contributed by atoms with E-state index in [2.05, 4.69) is 77.8 Å². The Morgan fingerprint density at radius 1 is 0.952 bits per heavy atom. The molecule has 0 bridgehead atoms. The fourth-order valence-corrected chi connectivity index (χ4v) is 3.13. The molecule has 1 aliphatic rings. The second-order valence-corrected chi connectivity index (χ2v) is 6.07. The average Bonchev–Trinajstić information content (AvgIpc) is 2.52. The highest BCUT2D eigenvalue weighted by Gasteiger charge is 2.25. The molecule has 1 heterocycles. The molecule has 1 fully saturated rings. The Bertz CT molecular complexity index is 538. The van der Waals surface area contributed by atoms with Crippen LogP contribution in [0, 0.1) is 0 Å². The van der Waals surface area contributed by atoms with Gasteiger partial charge in [0.2, 0.25) is 0 Å². The van der Waals surface area contributed by atoms with Crippen LogP contribution in [-0.2, 0) is 13.0 Å². The SMILES string of the molecule is C[C@@H]1CN(Cc2ccccc2)[C@H](Cc2ccccc2)CN1. The van der Waals surface area contributed by atoms with E-state index in [9.17, 15) is 0 Å². The van der Waals surface area contributed by atoms with Crippen LogP contribution in [0.15, 0.2) is 60.7 Å². The van der Waals surface area contributed by atoms with Gasteiger partial charge in [-0.2, -0.15) is 0 Å². The number of hydrogen-bond acceptors (Lipinski definition) is 2. The number of rotatable bonds is 4. The van der Waals surface area contributed by atoms with Gasteiger partial charge in [-0.1, -0.05) is 60.7 Å². The van der Waals surface area contributed by atoms with E-state index in [0.29, 0.717) is 12.1 Å². The molecule has 1 aliphatic heterocycles. The predicted octanol–water partition coefficient (Wildman–Crippen LogP) is 3.09. The Balaban J connectivity index is 1.71. The highest BCUT2D eigenvalue weighted by Crippen LogP contribution is 2.16. The van der Waals surface area contributed by atoms with Gasteiger partial charge in [0, 0.05) is 31.7 Å². The van der Waals surface area contributed by atoms with E-state index < -0.39 is 0 Å². The summed E-state index contributed by atoms with van der Waals surface area (Å²) in [5, 5.41) is 3.63. The van der Waals surface area contributed by atoms with E-state index in [1.54, 1.807) is 0 Å². The van der Waals surface area contributed by atoms with Crippen molar-refractivity contribution in [2.45, 2.75) is 32.0 Å². The summed E-state index contributed by atoms with van der Waals surface area (Å²) in [6.07, 6.45) is 1.12. The van der Waals surface area contributed by atoms with Crippen LogP contribution in [0.1, 0.15) is 18.1 Å². The van der Waals surface area contributed by atoms with Crippen molar-refractivity contribution in [1.29, 1.82) is 0 Å². The molecule has 0 aromatic heterocycles. The second kappa shape index (κ2) is 6.88. The van der Waals surface area contributed by atoms with Gasteiger partial charge >= 0.3 is 0 Å². The Labute approximate surface area is 127 Å². The van der Waals surface area contributed by atoms with Gasteiger partial charge in [-0.15, -0.1) is 0 Å². The topological polar surface area (TPSA) is 15.3 Å². The highest BCUT2D eigenvalue weighted by atomic mass is 15.2. The van der Waals surface area contributed by atoms with Crippen LogP contribution in [0.2, 0.25) is 0 Å². The molecule has 110 valence electrons. The summed E-state index contributed by atoms with van der Waals surface area (Å²) in [6, 6.07) is 22.8. The van der Waals surface area contributed by atoms with Crippen molar-refractivity contribution in [2.75, 3.05) is 13.1 Å². The molecule has 0 unspecified atom stereocenters. The molecule has 3 rings (SSSR count). The molecule has 0 spiro atoms. The molecular weight excluding hydrogens is 256 g/mol. The summed E-state index contributed by atoms with van der Waals surface area (Å²) in [6.45, 7) is 5.51. The van der Waals surface area contributed by atoms with Gasteiger partial charge < -0.3 is 5.32 Å². The minimum absolute atomic E-state index is 0.570. The summed E-state index contributed by atoms with van der Waals surface area (Å²) in [5.41, 5.74) is 2.83. The molecule has 0 amide bonds. The lowest BCUT2D eigenvalue weighted by molar-refractivity contribution is 0.127. The normalized spacial score (nSPS) is 23.1. The highest BCUT2D eigenvalue weighted by molar-refractivity contribution is 5.18. The zero-order chi connectivity index (χ0) is 14.5. The van der Waals surface area contributed by atoms with Crippen LogP contribution in [0.25, 0.3) is 0 Å². The number of nitrogens with zero attached hydrogens (tertiary/aromatic N) is 1. The molecule has 2 atom stereocenters. The minimum Gasteiger partial charge on any atom is -0.311 e. The van der Waals surface area contributed by atoms with E-state index in [4.69, 9.17) is 0 Å². The minimum atomic E-state index is 0.570. The summed E-state index contributed by atoms with van der Waals surface area (Å²) in [5.74, 6) is 0. The summed E-state index contributed by atoms with van der Waals surface area (Å²) < 4.78 is 0. The second-order valence-electron chi connectivity index (χ2n) is 6.07. The summed E-state index contributed by atoms with van der Waals surface area (Å²) >= 11 is 0. The fraction of sp³-hybridized carbons (Fsp3) is 0.368. The number of piperazine rings is 1. The van der Waals surface area contributed by atoms with Crippen molar-refractivity contribution in [3.8, 4) is 0 Å². The maximum atomic E-state index is 3.63. The lowest BCUT2D eigenvalue weighted by Gasteiger charge is -2.39. The fourth-order valence-electron chi connectivity index (χ4n) is 3.13. The third-order valence-corrected chi connectivity index (χ3v) is 4.27. The van der Waals surface area contributed by atoms with E-state index >= 15 is 0 Å². The molecule has 0 aliphatic carbocycles. The van der Waals surface area contributed by atoms with E-state index in [0.717, 1.165) is 26.1 Å². The van der Waals surface area contributed by atoms with Crippen LogP contribution < -0.4 is 5.32 Å². The molecule has 0 saturated carbocycles. The lowest BCUT2D eigenvalue weighted by atomic mass is 10.0. The molecule has 2 heteroatoms.